The lowest BCUT2D eigenvalue weighted by atomic mass is 9.94. The molecule has 2 rings (SSSR count). The van der Waals surface area contributed by atoms with Gasteiger partial charge in [0.05, 0.1) is 0 Å². The fourth-order valence-corrected chi connectivity index (χ4v) is 4.34. The largest absolute Gasteiger partial charge is 0.315 e. The van der Waals surface area contributed by atoms with E-state index in [0.717, 1.165) is 51.6 Å². The molecule has 1 heterocycles. The SMILES string of the molecule is CCNCC1CCCCN1S(=O)(=O)NC1CCC1. The topological polar surface area (TPSA) is 61.4 Å². The number of rotatable bonds is 6. The van der Waals surface area contributed by atoms with E-state index >= 15 is 0 Å². The Morgan fingerprint density at radius 1 is 1.17 bits per heavy atom. The van der Waals surface area contributed by atoms with Crippen LogP contribution in [-0.2, 0) is 10.2 Å². The van der Waals surface area contributed by atoms with Crippen LogP contribution in [0.5, 0.6) is 0 Å². The Bertz CT molecular complexity index is 354. The Labute approximate surface area is 110 Å². The van der Waals surface area contributed by atoms with Gasteiger partial charge in [0.15, 0.2) is 0 Å². The maximum Gasteiger partial charge on any atom is 0.279 e. The van der Waals surface area contributed by atoms with Crippen LogP contribution in [0.1, 0.15) is 45.4 Å². The van der Waals surface area contributed by atoms with Gasteiger partial charge in [0.1, 0.15) is 0 Å². The van der Waals surface area contributed by atoms with E-state index in [1.165, 1.54) is 0 Å². The fraction of sp³-hybridized carbons (Fsp3) is 1.00. The number of likely N-dealkylation sites (N-methyl/N-ethyl adjacent to an activating group) is 1. The van der Waals surface area contributed by atoms with E-state index in [1.54, 1.807) is 4.31 Å². The van der Waals surface area contributed by atoms with Crippen LogP contribution in [0, 0.1) is 0 Å². The molecule has 1 aliphatic carbocycles. The molecule has 6 heteroatoms. The molecule has 0 aromatic carbocycles. The van der Waals surface area contributed by atoms with E-state index in [-0.39, 0.29) is 12.1 Å². The van der Waals surface area contributed by atoms with Crippen LogP contribution in [0.15, 0.2) is 0 Å². The average Bonchev–Trinajstić information content (AvgIpc) is 2.32. The Morgan fingerprint density at radius 2 is 1.94 bits per heavy atom. The molecule has 2 aliphatic rings. The number of piperidine rings is 1. The summed E-state index contributed by atoms with van der Waals surface area (Å²) in [7, 11) is -3.28. The summed E-state index contributed by atoms with van der Waals surface area (Å²) in [6, 6.07) is 0.299. The molecule has 106 valence electrons. The molecule has 0 amide bonds. The molecule has 0 radical (unpaired) electrons. The molecule has 1 atom stereocenters. The average molecular weight is 275 g/mol. The van der Waals surface area contributed by atoms with Crippen molar-refractivity contribution < 1.29 is 8.42 Å². The van der Waals surface area contributed by atoms with Gasteiger partial charge in [-0.15, -0.1) is 0 Å². The summed E-state index contributed by atoms with van der Waals surface area (Å²) in [5.74, 6) is 0. The van der Waals surface area contributed by atoms with Gasteiger partial charge < -0.3 is 5.32 Å². The molecule has 5 nitrogen and oxygen atoms in total. The summed E-state index contributed by atoms with van der Waals surface area (Å²) < 4.78 is 29.2. The zero-order valence-corrected chi connectivity index (χ0v) is 12.0. The number of nitrogens with zero attached hydrogens (tertiary/aromatic N) is 1. The smallest absolute Gasteiger partial charge is 0.279 e. The maximum absolute atomic E-state index is 12.3. The standard InChI is InChI=1S/C12H25N3O2S/c1-2-13-10-12-8-3-4-9-15(12)18(16,17)14-11-6-5-7-11/h11-14H,2-10H2,1H3. The van der Waals surface area contributed by atoms with Crippen molar-refractivity contribution in [1.29, 1.82) is 0 Å². The van der Waals surface area contributed by atoms with Gasteiger partial charge in [-0.25, -0.2) is 0 Å². The van der Waals surface area contributed by atoms with Crippen molar-refractivity contribution in [3.8, 4) is 0 Å². The predicted molar refractivity (Wildman–Crippen MR) is 72.6 cm³/mol. The Hall–Kier alpha value is -0.170. The minimum absolute atomic E-state index is 0.122. The third kappa shape index (κ3) is 3.44. The third-order valence-electron chi connectivity index (χ3n) is 3.93. The lowest BCUT2D eigenvalue weighted by Gasteiger charge is -2.37. The van der Waals surface area contributed by atoms with Crippen molar-refractivity contribution in [2.75, 3.05) is 19.6 Å². The molecule has 1 aliphatic heterocycles. The fourth-order valence-electron chi connectivity index (χ4n) is 2.61. The molecule has 1 unspecified atom stereocenters. The van der Waals surface area contributed by atoms with Gasteiger partial charge in [0, 0.05) is 25.2 Å². The minimum atomic E-state index is -3.28. The highest BCUT2D eigenvalue weighted by molar-refractivity contribution is 7.87. The van der Waals surface area contributed by atoms with Gasteiger partial charge in [0.2, 0.25) is 0 Å². The number of nitrogens with one attached hydrogen (secondary N) is 2. The van der Waals surface area contributed by atoms with Crippen LogP contribution in [0.2, 0.25) is 0 Å². The van der Waals surface area contributed by atoms with Gasteiger partial charge in [-0.05, 0) is 32.2 Å². The Morgan fingerprint density at radius 3 is 2.56 bits per heavy atom. The van der Waals surface area contributed by atoms with E-state index in [9.17, 15) is 8.42 Å². The first-order valence-electron chi connectivity index (χ1n) is 7.13. The third-order valence-corrected chi connectivity index (χ3v) is 5.66. The minimum Gasteiger partial charge on any atom is -0.315 e. The van der Waals surface area contributed by atoms with E-state index in [2.05, 4.69) is 10.0 Å². The highest BCUT2D eigenvalue weighted by Gasteiger charge is 2.34. The van der Waals surface area contributed by atoms with Crippen molar-refractivity contribution in [2.24, 2.45) is 0 Å². The van der Waals surface area contributed by atoms with Gasteiger partial charge >= 0.3 is 0 Å². The molecule has 0 bridgehead atoms. The molecule has 1 saturated heterocycles. The van der Waals surface area contributed by atoms with Crippen LogP contribution in [0.25, 0.3) is 0 Å². The van der Waals surface area contributed by atoms with Gasteiger partial charge in [-0.2, -0.15) is 17.4 Å². The zero-order chi connectivity index (χ0) is 13.0. The summed E-state index contributed by atoms with van der Waals surface area (Å²) in [6.07, 6.45) is 6.21. The lowest BCUT2D eigenvalue weighted by Crippen LogP contribution is -2.55. The van der Waals surface area contributed by atoms with Crippen molar-refractivity contribution in [3.63, 3.8) is 0 Å². The molecule has 18 heavy (non-hydrogen) atoms. The molecule has 0 aromatic rings. The first-order chi connectivity index (χ1) is 8.63. The first kappa shape index (κ1) is 14.2. The van der Waals surface area contributed by atoms with Gasteiger partial charge in [0.25, 0.3) is 10.2 Å². The number of hydrogen-bond donors (Lipinski definition) is 2. The summed E-state index contributed by atoms with van der Waals surface area (Å²) in [5.41, 5.74) is 0. The van der Waals surface area contributed by atoms with Gasteiger partial charge in [-0.3, -0.25) is 0 Å². The Balaban J connectivity index is 1.97. The van der Waals surface area contributed by atoms with Crippen molar-refractivity contribution in [2.45, 2.75) is 57.5 Å². The van der Waals surface area contributed by atoms with E-state index in [0.29, 0.717) is 6.54 Å². The monoisotopic (exact) mass is 275 g/mol. The molecular formula is C12H25N3O2S. The van der Waals surface area contributed by atoms with Crippen molar-refractivity contribution >= 4 is 10.2 Å². The summed E-state index contributed by atoms with van der Waals surface area (Å²) >= 11 is 0. The Kier molecular flexibility index (Phi) is 5.00. The van der Waals surface area contributed by atoms with E-state index in [4.69, 9.17) is 0 Å². The van der Waals surface area contributed by atoms with Crippen molar-refractivity contribution in [1.82, 2.24) is 14.3 Å². The highest BCUT2D eigenvalue weighted by atomic mass is 32.2. The second-order valence-electron chi connectivity index (χ2n) is 5.32. The maximum atomic E-state index is 12.3. The normalized spacial score (nSPS) is 27.1. The van der Waals surface area contributed by atoms with E-state index < -0.39 is 10.2 Å². The molecule has 0 aromatic heterocycles. The van der Waals surface area contributed by atoms with Crippen LogP contribution < -0.4 is 10.0 Å². The molecule has 2 fully saturated rings. The molecule has 1 saturated carbocycles. The first-order valence-corrected chi connectivity index (χ1v) is 8.57. The van der Waals surface area contributed by atoms with Crippen LogP contribution in [0.3, 0.4) is 0 Å². The quantitative estimate of drug-likeness (QED) is 0.755. The van der Waals surface area contributed by atoms with Crippen LogP contribution in [0.4, 0.5) is 0 Å². The van der Waals surface area contributed by atoms with Gasteiger partial charge in [-0.1, -0.05) is 19.8 Å². The molecule has 2 N–H and O–H groups in total. The molecule has 0 spiro atoms. The zero-order valence-electron chi connectivity index (χ0n) is 11.2. The summed E-state index contributed by atoms with van der Waals surface area (Å²) in [6.45, 7) is 4.37. The predicted octanol–water partition coefficient (Wildman–Crippen LogP) is 0.837. The second-order valence-corrected chi connectivity index (χ2v) is 6.97. The lowest BCUT2D eigenvalue weighted by molar-refractivity contribution is 0.239. The van der Waals surface area contributed by atoms with Crippen LogP contribution in [-0.4, -0.2) is 44.4 Å². The van der Waals surface area contributed by atoms with E-state index in [1.807, 2.05) is 6.92 Å². The second kappa shape index (κ2) is 6.32. The molecular weight excluding hydrogens is 250 g/mol. The van der Waals surface area contributed by atoms with Crippen LogP contribution >= 0.6 is 0 Å². The summed E-state index contributed by atoms with van der Waals surface area (Å²) in [5, 5.41) is 3.27. The number of hydrogen-bond acceptors (Lipinski definition) is 3. The van der Waals surface area contributed by atoms with Crippen molar-refractivity contribution in [3.05, 3.63) is 0 Å². The summed E-state index contributed by atoms with van der Waals surface area (Å²) in [4.78, 5) is 0. The highest BCUT2D eigenvalue weighted by Crippen LogP contribution is 2.23.